The van der Waals surface area contributed by atoms with Crippen LogP contribution in [0.25, 0.3) is 11.1 Å². The summed E-state index contributed by atoms with van der Waals surface area (Å²) in [5, 5.41) is 6.23. The van der Waals surface area contributed by atoms with Gasteiger partial charge in [0.15, 0.2) is 0 Å². The molecule has 1 fully saturated rings. The van der Waals surface area contributed by atoms with E-state index in [9.17, 15) is 4.79 Å². The Kier molecular flexibility index (Phi) is 5.06. The van der Waals surface area contributed by atoms with Gasteiger partial charge in [0, 0.05) is 30.6 Å². The predicted molar refractivity (Wildman–Crippen MR) is 111 cm³/mol. The van der Waals surface area contributed by atoms with E-state index in [1.54, 1.807) is 6.20 Å². The molecule has 5 nitrogen and oxygen atoms in total. The Bertz CT molecular complexity index is 980. The van der Waals surface area contributed by atoms with Crippen molar-refractivity contribution in [2.45, 2.75) is 25.8 Å². The van der Waals surface area contributed by atoms with Crippen LogP contribution in [-0.2, 0) is 0 Å². The minimum atomic E-state index is -0.0661. The number of nitrogens with one attached hydrogen (secondary N) is 2. The average molecular weight is 372 g/mol. The number of rotatable bonds is 6. The van der Waals surface area contributed by atoms with E-state index in [1.165, 1.54) is 0 Å². The third-order valence-corrected chi connectivity index (χ3v) is 5.20. The fourth-order valence-electron chi connectivity index (χ4n) is 3.44. The summed E-state index contributed by atoms with van der Waals surface area (Å²) in [7, 11) is 1.84. The van der Waals surface area contributed by atoms with Gasteiger partial charge < -0.3 is 10.6 Å². The Balaban J connectivity index is 1.56. The van der Waals surface area contributed by atoms with Crippen molar-refractivity contribution in [3.63, 3.8) is 0 Å². The molecule has 0 spiro atoms. The molecule has 0 unspecified atom stereocenters. The highest BCUT2D eigenvalue weighted by molar-refractivity contribution is 5.95. The molecule has 5 heteroatoms. The fraction of sp³-hybridized carbons (Fsp3) is 0.261. The van der Waals surface area contributed by atoms with E-state index in [4.69, 9.17) is 0 Å². The second-order valence-corrected chi connectivity index (χ2v) is 7.26. The van der Waals surface area contributed by atoms with E-state index in [0.717, 1.165) is 41.0 Å². The molecule has 142 valence electrons. The lowest BCUT2D eigenvalue weighted by Crippen LogP contribution is -2.31. The first kappa shape index (κ1) is 18.2. The lowest BCUT2D eigenvalue weighted by molar-refractivity contribution is 0.0930. The highest BCUT2D eigenvalue weighted by atomic mass is 16.1. The Hall–Kier alpha value is -3.21. The molecule has 1 aliphatic carbocycles. The zero-order valence-corrected chi connectivity index (χ0v) is 16.1. The zero-order chi connectivity index (χ0) is 19.5. The number of aryl methyl sites for hydroxylation is 1. The van der Waals surface area contributed by atoms with Crippen LogP contribution in [0.4, 0.5) is 5.82 Å². The van der Waals surface area contributed by atoms with Gasteiger partial charge >= 0.3 is 0 Å². The molecule has 2 heterocycles. The van der Waals surface area contributed by atoms with Crippen molar-refractivity contribution in [1.29, 1.82) is 0 Å². The van der Waals surface area contributed by atoms with E-state index >= 15 is 0 Å². The topological polar surface area (TPSA) is 66.9 Å². The van der Waals surface area contributed by atoms with Crippen molar-refractivity contribution < 1.29 is 4.79 Å². The van der Waals surface area contributed by atoms with Crippen molar-refractivity contribution in [2.24, 2.45) is 5.92 Å². The molecule has 0 radical (unpaired) electrons. The Morgan fingerprint density at radius 2 is 1.93 bits per heavy atom. The summed E-state index contributed by atoms with van der Waals surface area (Å²) in [5.41, 5.74) is 4.69. The monoisotopic (exact) mass is 372 g/mol. The fourth-order valence-corrected chi connectivity index (χ4v) is 3.44. The van der Waals surface area contributed by atoms with Gasteiger partial charge in [0.1, 0.15) is 5.82 Å². The van der Waals surface area contributed by atoms with E-state index < -0.39 is 0 Å². The summed E-state index contributed by atoms with van der Waals surface area (Å²) < 4.78 is 0. The summed E-state index contributed by atoms with van der Waals surface area (Å²) in [6.45, 7) is 2.05. The smallest absolute Gasteiger partial charge is 0.251 e. The lowest BCUT2D eigenvalue weighted by atomic mass is 10.0. The number of hydrogen-bond acceptors (Lipinski definition) is 4. The maximum absolute atomic E-state index is 13.0. The first-order valence-electron chi connectivity index (χ1n) is 9.62. The Labute approximate surface area is 165 Å². The van der Waals surface area contributed by atoms with Crippen molar-refractivity contribution in [2.75, 3.05) is 12.4 Å². The molecule has 2 aromatic heterocycles. The molecular formula is C23H24N4O. The molecule has 28 heavy (non-hydrogen) atoms. The van der Waals surface area contributed by atoms with Crippen molar-refractivity contribution >= 4 is 11.7 Å². The van der Waals surface area contributed by atoms with Gasteiger partial charge in [0.05, 0.1) is 11.7 Å². The first-order valence-corrected chi connectivity index (χ1v) is 9.62. The zero-order valence-electron chi connectivity index (χ0n) is 16.1. The number of carbonyl (C=O) groups excluding carboxylic acids is 1. The van der Waals surface area contributed by atoms with Gasteiger partial charge in [-0.2, -0.15) is 0 Å². The second kappa shape index (κ2) is 7.80. The quantitative estimate of drug-likeness (QED) is 0.674. The van der Waals surface area contributed by atoms with Gasteiger partial charge in [-0.1, -0.05) is 18.2 Å². The number of carbonyl (C=O) groups is 1. The maximum atomic E-state index is 13.0. The molecule has 0 aliphatic heterocycles. The molecule has 3 aromatic rings. The number of aromatic nitrogens is 2. The molecule has 1 saturated carbocycles. The van der Waals surface area contributed by atoms with Crippen molar-refractivity contribution in [1.82, 2.24) is 15.3 Å². The summed E-state index contributed by atoms with van der Waals surface area (Å²) in [6.07, 6.45) is 5.87. The third kappa shape index (κ3) is 3.88. The number of anilines is 1. The number of amides is 1. The van der Waals surface area contributed by atoms with Gasteiger partial charge in [-0.05, 0) is 67.1 Å². The minimum Gasteiger partial charge on any atom is -0.373 e. The maximum Gasteiger partial charge on any atom is 0.251 e. The highest BCUT2D eigenvalue weighted by Crippen LogP contribution is 2.41. The van der Waals surface area contributed by atoms with Crippen LogP contribution < -0.4 is 10.6 Å². The van der Waals surface area contributed by atoms with Gasteiger partial charge in [-0.25, -0.2) is 4.98 Å². The molecule has 2 N–H and O–H groups in total. The molecule has 1 amide bonds. The first-order chi connectivity index (χ1) is 13.7. The summed E-state index contributed by atoms with van der Waals surface area (Å²) in [4.78, 5) is 21.9. The summed E-state index contributed by atoms with van der Waals surface area (Å²) >= 11 is 0. The minimum absolute atomic E-state index is 0.0334. The molecule has 1 aliphatic rings. The van der Waals surface area contributed by atoms with E-state index in [-0.39, 0.29) is 11.9 Å². The summed E-state index contributed by atoms with van der Waals surface area (Å²) in [6, 6.07) is 15.5. The molecule has 1 aromatic carbocycles. The van der Waals surface area contributed by atoms with Gasteiger partial charge in [-0.3, -0.25) is 9.78 Å². The van der Waals surface area contributed by atoms with Crippen LogP contribution in [0.2, 0.25) is 0 Å². The van der Waals surface area contributed by atoms with Gasteiger partial charge in [0.2, 0.25) is 0 Å². The SMILES string of the molecule is CNc1ccc(-c2cccc(C(=O)N[C@H](c3ncccc3C)C3CC3)c2)cn1. The van der Waals surface area contributed by atoms with Crippen molar-refractivity contribution in [3.8, 4) is 11.1 Å². The lowest BCUT2D eigenvalue weighted by Gasteiger charge is -2.20. The number of nitrogens with zero attached hydrogens (tertiary/aromatic N) is 2. The Morgan fingerprint density at radius 1 is 1.07 bits per heavy atom. The van der Waals surface area contributed by atoms with Crippen LogP contribution in [-0.4, -0.2) is 22.9 Å². The van der Waals surface area contributed by atoms with Gasteiger partial charge in [-0.15, -0.1) is 0 Å². The van der Waals surface area contributed by atoms with Crippen LogP contribution in [0.15, 0.2) is 60.9 Å². The standard InChI is InChI=1S/C23H24N4O/c1-15-5-4-12-25-21(15)22(16-8-9-16)27-23(28)18-7-3-6-17(13-18)19-10-11-20(24-2)26-14-19/h3-7,10-14,16,22H,8-9H2,1-2H3,(H,24,26)(H,27,28)/t22-/m0/s1. The molecule has 4 rings (SSSR count). The van der Waals surface area contributed by atoms with Crippen LogP contribution in [0.1, 0.15) is 40.5 Å². The highest BCUT2D eigenvalue weighted by Gasteiger charge is 2.35. The molecule has 0 saturated heterocycles. The number of hydrogen-bond donors (Lipinski definition) is 2. The molecule has 1 atom stereocenters. The Morgan fingerprint density at radius 3 is 2.61 bits per heavy atom. The average Bonchev–Trinajstić information content (AvgIpc) is 3.58. The van der Waals surface area contributed by atoms with Crippen LogP contribution >= 0.6 is 0 Å². The largest absolute Gasteiger partial charge is 0.373 e. The van der Waals surface area contributed by atoms with Crippen LogP contribution in [0.3, 0.4) is 0 Å². The number of benzene rings is 1. The molecule has 0 bridgehead atoms. The normalized spacial score (nSPS) is 14.4. The third-order valence-electron chi connectivity index (χ3n) is 5.20. The van der Waals surface area contributed by atoms with Crippen LogP contribution in [0, 0.1) is 12.8 Å². The van der Waals surface area contributed by atoms with E-state index in [1.807, 2.05) is 68.7 Å². The van der Waals surface area contributed by atoms with Gasteiger partial charge in [0.25, 0.3) is 5.91 Å². The second-order valence-electron chi connectivity index (χ2n) is 7.26. The molecular weight excluding hydrogens is 348 g/mol. The van der Waals surface area contributed by atoms with Crippen LogP contribution in [0.5, 0.6) is 0 Å². The van der Waals surface area contributed by atoms with E-state index in [2.05, 4.69) is 20.6 Å². The predicted octanol–water partition coefficient (Wildman–Crippen LogP) is 4.37. The number of pyridine rings is 2. The van der Waals surface area contributed by atoms with E-state index in [0.29, 0.717) is 11.5 Å². The summed E-state index contributed by atoms with van der Waals surface area (Å²) in [5.74, 6) is 1.22. The van der Waals surface area contributed by atoms with Crippen molar-refractivity contribution in [3.05, 3.63) is 77.7 Å².